The molecule has 1 aliphatic carbocycles. The number of H-pyrrole nitrogens is 1. The summed E-state index contributed by atoms with van der Waals surface area (Å²) in [6, 6.07) is 6.22. The normalized spacial score (nSPS) is 16.0. The summed E-state index contributed by atoms with van der Waals surface area (Å²) < 4.78 is 0. The van der Waals surface area contributed by atoms with Crippen molar-refractivity contribution < 1.29 is 4.79 Å². The van der Waals surface area contributed by atoms with Gasteiger partial charge in [0.2, 0.25) is 0 Å². The van der Waals surface area contributed by atoms with E-state index in [1.165, 1.54) is 12.8 Å². The minimum Gasteiger partial charge on any atom is -0.335 e. The van der Waals surface area contributed by atoms with Crippen molar-refractivity contribution in [1.82, 2.24) is 15.1 Å². The second kappa shape index (κ2) is 5.88. The molecule has 1 heterocycles. The van der Waals surface area contributed by atoms with E-state index in [9.17, 15) is 4.79 Å². The van der Waals surface area contributed by atoms with Gasteiger partial charge in [-0.3, -0.25) is 9.89 Å². The maximum Gasteiger partial charge on any atom is 0.254 e. The van der Waals surface area contributed by atoms with Gasteiger partial charge in [-0.05, 0) is 30.9 Å². The van der Waals surface area contributed by atoms with Gasteiger partial charge in [0.25, 0.3) is 5.91 Å². The lowest BCUT2D eigenvalue weighted by Crippen LogP contribution is -2.41. The molecule has 0 bridgehead atoms. The van der Waals surface area contributed by atoms with Crippen LogP contribution in [0.3, 0.4) is 0 Å². The van der Waals surface area contributed by atoms with E-state index >= 15 is 0 Å². The summed E-state index contributed by atoms with van der Waals surface area (Å²) in [5.41, 5.74) is 1.69. The fourth-order valence-corrected chi connectivity index (χ4v) is 3.24. The van der Waals surface area contributed by atoms with E-state index in [-0.39, 0.29) is 5.91 Å². The summed E-state index contributed by atoms with van der Waals surface area (Å²) in [4.78, 5) is 15.0. The number of hydrogen-bond donors (Lipinski definition) is 1. The van der Waals surface area contributed by atoms with Crippen molar-refractivity contribution in [3.05, 3.63) is 30.0 Å². The van der Waals surface area contributed by atoms with E-state index in [0.717, 1.165) is 35.9 Å². The number of benzene rings is 1. The third kappa shape index (κ3) is 2.94. The first-order valence-electron chi connectivity index (χ1n) is 7.89. The van der Waals surface area contributed by atoms with Crippen molar-refractivity contribution in [3.63, 3.8) is 0 Å². The van der Waals surface area contributed by atoms with E-state index in [1.54, 1.807) is 6.20 Å². The molecule has 1 aromatic heterocycles. The molecule has 1 saturated carbocycles. The number of nitrogens with zero attached hydrogens (tertiary/aromatic N) is 2. The molecule has 4 heteroatoms. The summed E-state index contributed by atoms with van der Waals surface area (Å²) in [5, 5.41) is 8.01. The van der Waals surface area contributed by atoms with Gasteiger partial charge in [0.15, 0.2) is 0 Å². The molecule has 1 aliphatic rings. The van der Waals surface area contributed by atoms with Crippen LogP contribution in [0.1, 0.15) is 49.9 Å². The average Bonchev–Trinajstić information content (AvgIpc) is 3.13. The first-order chi connectivity index (χ1) is 10.1. The monoisotopic (exact) mass is 285 g/mol. The van der Waals surface area contributed by atoms with Crippen LogP contribution in [0.15, 0.2) is 24.4 Å². The van der Waals surface area contributed by atoms with E-state index in [2.05, 4.69) is 28.9 Å². The Morgan fingerprint density at radius 1 is 1.38 bits per heavy atom. The van der Waals surface area contributed by atoms with Crippen LogP contribution in [0.25, 0.3) is 10.9 Å². The molecular formula is C17H23N3O. The first kappa shape index (κ1) is 14.1. The number of nitrogens with one attached hydrogen (secondary N) is 1. The van der Waals surface area contributed by atoms with Gasteiger partial charge in [-0.15, -0.1) is 0 Å². The van der Waals surface area contributed by atoms with Gasteiger partial charge >= 0.3 is 0 Å². The lowest BCUT2D eigenvalue weighted by Gasteiger charge is -2.30. The Bertz CT molecular complexity index is 626. The van der Waals surface area contributed by atoms with Gasteiger partial charge in [-0.25, -0.2) is 0 Å². The molecule has 112 valence electrons. The molecule has 0 spiro atoms. The number of carbonyl (C=O) groups is 1. The second-order valence-electron chi connectivity index (χ2n) is 6.46. The van der Waals surface area contributed by atoms with Crippen molar-refractivity contribution in [2.75, 3.05) is 6.54 Å². The lowest BCUT2D eigenvalue weighted by atomic mass is 10.1. The summed E-state index contributed by atoms with van der Waals surface area (Å²) in [7, 11) is 0. The third-order valence-corrected chi connectivity index (χ3v) is 4.28. The van der Waals surface area contributed by atoms with Crippen LogP contribution < -0.4 is 0 Å². The number of carbonyl (C=O) groups excluding carboxylic acids is 1. The zero-order valence-corrected chi connectivity index (χ0v) is 12.8. The maximum absolute atomic E-state index is 12.9. The van der Waals surface area contributed by atoms with Crippen molar-refractivity contribution in [1.29, 1.82) is 0 Å². The molecule has 4 nitrogen and oxygen atoms in total. The molecule has 0 saturated heterocycles. The highest BCUT2D eigenvalue weighted by Crippen LogP contribution is 2.26. The van der Waals surface area contributed by atoms with Gasteiger partial charge in [0, 0.05) is 23.5 Å². The highest BCUT2D eigenvalue weighted by atomic mass is 16.2. The molecule has 21 heavy (non-hydrogen) atoms. The zero-order valence-electron chi connectivity index (χ0n) is 12.8. The molecule has 1 N–H and O–H groups in total. The number of aromatic amines is 1. The zero-order chi connectivity index (χ0) is 14.8. The predicted octanol–water partition coefficient (Wildman–Crippen LogP) is 3.60. The Balaban J connectivity index is 1.87. The van der Waals surface area contributed by atoms with E-state index in [1.807, 2.05) is 18.2 Å². The van der Waals surface area contributed by atoms with Gasteiger partial charge in [-0.1, -0.05) is 32.8 Å². The van der Waals surface area contributed by atoms with Gasteiger partial charge in [0.05, 0.1) is 11.7 Å². The fraction of sp³-hybridized carbons (Fsp3) is 0.529. The van der Waals surface area contributed by atoms with Crippen LogP contribution in [0.4, 0.5) is 0 Å². The molecular weight excluding hydrogens is 262 g/mol. The Morgan fingerprint density at radius 3 is 2.86 bits per heavy atom. The van der Waals surface area contributed by atoms with E-state index < -0.39 is 0 Å². The van der Waals surface area contributed by atoms with Crippen LogP contribution in [0, 0.1) is 5.92 Å². The summed E-state index contributed by atoms with van der Waals surface area (Å²) >= 11 is 0. The second-order valence-corrected chi connectivity index (χ2v) is 6.46. The largest absolute Gasteiger partial charge is 0.335 e. The Labute approximate surface area is 125 Å². The van der Waals surface area contributed by atoms with E-state index in [0.29, 0.717) is 12.0 Å². The highest BCUT2D eigenvalue weighted by molar-refractivity contribution is 5.97. The smallest absolute Gasteiger partial charge is 0.254 e. The summed E-state index contributed by atoms with van der Waals surface area (Å²) in [6.07, 6.45) is 6.56. The number of rotatable bonds is 4. The summed E-state index contributed by atoms with van der Waals surface area (Å²) in [6.45, 7) is 5.19. The predicted molar refractivity (Wildman–Crippen MR) is 84.2 cm³/mol. The minimum atomic E-state index is 0.159. The summed E-state index contributed by atoms with van der Waals surface area (Å²) in [5.74, 6) is 0.650. The fourth-order valence-electron chi connectivity index (χ4n) is 3.24. The molecule has 0 atom stereocenters. The third-order valence-electron chi connectivity index (χ3n) is 4.28. The first-order valence-corrected chi connectivity index (χ1v) is 7.89. The van der Waals surface area contributed by atoms with Crippen molar-refractivity contribution in [3.8, 4) is 0 Å². The Kier molecular flexibility index (Phi) is 3.95. The number of amides is 1. The lowest BCUT2D eigenvalue weighted by molar-refractivity contribution is 0.0655. The molecule has 1 amide bonds. The molecule has 0 aliphatic heterocycles. The van der Waals surface area contributed by atoms with Crippen molar-refractivity contribution >= 4 is 16.8 Å². The highest BCUT2D eigenvalue weighted by Gasteiger charge is 2.28. The average molecular weight is 285 g/mol. The molecule has 3 rings (SSSR count). The molecule has 0 radical (unpaired) electrons. The number of fused-ring (bicyclic) bond motifs is 1. The van der Waals surface area contributed by atoms with Gasteiger partial charge in [0.1, 0.15) is 0 Å². The van der Waals surface area contributed by atoms with Crippen molar-refractivity contribution in [2.45, 2.75) is 45.6 Å². The minimum absolute atomic E-state index is 0.159. The quantitative estimate of drug-likeness (QED) is 0.933. The maximum atomic E-state index is 12.9. The van der Waals surface area contributed by atoms with Crippen LogP contribution in [0.2, 0.25) is 0 Å². The van der Waals surface area contributed by atoms with Gasteiger partial charge < -0.3 is 4.90 Å². The molecule has 1 aromatic carbocycles. The topological polar surface area (TPSA) is 49.0 Å². The van der Waals surface area contributed by atoms with Gasteiger partial charge in [-0.2, -0.15) is 5.10 Å². The number of aromatic nitrogens is 2. The van der Waals surface area contributed by atoms with Crippen molar-refractivity contribution in [2.24, 2.45) is 5.92 Å². The van der Waals surface area contributed by atoms with Crippen LogP contribution in [-0.2, 0) is 0 Å². The van der Waals surface area contributed by atoms with Crippen LogP contribution in [0.5, 0.6) is 0 Å². The molecule has 1 fully saturated rings. The Hall–Kier alpha value is -1.84. The number of hydrogen-bond acceptors (Lipinski definition) is 2. The Morgan fingerprint density at radius 2 is 2.14 bits per heavy atom. The molecule has 2 aromatic rings. The SMILES string of the molecule is CC(C)CN(C(=O)c1ccc2cn[nH]c2c1)C1CCCC1. The molecule has 0 unspecified atom stereocenters. The van der Waals surface area contributed by atoms with Crippen LogP contribution in [-0.4, -0.2) is 33.6 Å². The van der Waals surface area contributed by atoms with Crippen LogP contribution >= 0.6 is 0 Å². The van der Waals surface area contributed by atoms with E-state index in [4.69, 9.17) is 0 Å². The standard InChI is InChI=1S/C17H23N3O/c1-12(2)11-20(15-5-3-4-6-15)17(21)13-7-8-14-10-18-19-16(14)9-13/h7-10,12,15H,3-6,11H2,1-2H3,(H,18,19).